The van der Waals surface area contributed by atoms with Gasteiger partial charge in [0, 0.05) is 5.39 Å². The quantitative estimate of drug-likeness (QED) is 0.663. The van der Waals surface area contributed by atoms with Crippen LogP contribution in [-0.4, -0.2) is 20.8 Å². The van der Waals surface area contributed by atoms with Gasteiger partial charge in [0.1, 0.15) is 17.2 Å². The second kappa shape index (κ2) is 5.52. The van der Waals surface area contributed by atoms with Gasteiger partial charge < -0.3 is 14.2 Å². The van der Waals surface area contributed by atoms with Gasteiger partial charge in [-0.15, -0.1) is 0 Å². The molecular weight excluding hydrogens is 264 g/mol. The summed E-state index contributed by atoms with van der Waals surface area (Å²) in [5.41, 5.74) is 0. The zero-order valence-electron chi connectivity index (χ0n) is 12.5. The van der Waals surface area contributed by atoms with Crippen molar-refractivity contribution in [2.75, 3.05) is 20.8 Å². The fourth-order valence-electron chi connectivity index (χ4n) is 2.71. The molecule has 0 fully saturated rings. The van der Waals surface area contributed by atoms with Gasteiger partial charge in [0.25, 0.3) is 0 Å². The Kier molecular flexibility index (Phi) is 3.57. The van der Waals surface area contributed by atoms with E-state index in [0.29, 0.717) is 6.61 Å². The first kappa shape index (κ1) is 13.6. The molecule has 21 heavy (non-hydrogen) atoms. The molecule has 0 aliphatic rings. The Morgan fingerprint density at radius 2 is 1.76 bits per heavy atom. The summed E-state index contributed by atoms with van der Waals surface area (Å²) in [6.45, 7) is 2.62. The van der Waals surface area contributed by atoms with Crippen molar-refractivity contribution in [3.8, 4) is 17.2 Å². The maximum atomic E-state index is 5.68. The van der Waals surface area contributed by atoms with Crippen LogP contribution in [0.4, 0.5) is 0 Å². The van der Waals surface area contributed by atoms with Gasteiger partial charge in [-0.2, -0.15) is 0 Å². The first-order valence-electron chi connectivity index (χ1n) is 6.98. The summed E-state index contributed by atoms with van der Waals surface area (Å²) < 4.78 is 16.8. The molecule has 3 aromatic carbocycles. The maximum absolute atomic E-state index is 5.68. The predicted molar refractivity (Wildman–Crippen MR) is 85.7 cm³/mol. The number of benzene rings is 3. The Hall–Kier alpha value is -2.42. The van der Waals surface area contributed by atoms with Gasteiger partial charge in [0.2, 0.25) is 0 Å². The van der Waals surface area contributed by atoms with Crippen molar-refractivity contribution >= 4 is 21.5 Å². The molecule has 108 valence electrons. The first-order chi connectivity index (χ1) is 10.3. The van der Waals surface area contributed by atoms with Gasteiger partial charge >= 0.3 is 0 Å². The maximum Gasteiger partial charge on any atom is 0.138 e. The van der Waals surface area contributed by atoms with Crippen molar-refractivity contribution < 1.29 is 14.2 Å². The van der Waals surface area contributed by atoms with Crippen LogP contribution in [0.15, 0.2) is 42.5 Å². The van der Waals surface area contributed by atoms with Crippen molar-refractivity contribution in [1.82, 2.24) is 0 Å². The van der Waals surface area contributed by atoms with Crippen LogP contribution in [0.5, 0.6) is 17.2 Å². The summed E-state index contributed by atoms with van der Waals surface area (Å²) in [4.78, 5) is 0. The van der Waals surface area contributed by atoms with Crippen LogP contribution < -0.4 is 14.2 Å². The van der Waals surface area contributed by atoms with E-state index in [4.69, 9.17) is 14.2 Å². The third-order valence-corrected chi connectivity index (χ3v) is 3.60. The average Bonchev–Trinajstić information content (AvgIpc) is 2.52. The summed E-state index contributed by atoms with van der Waals surface area (Å²) >= 11 is 0. The third-order valence-electron chi connectivity index (χ3n) is 3.60. The Morgan fingerprint density at radius 3 is 2.48 bits per heavy atom. The van der Waals surface area contributed by atoms with Crippen molar-refractivity contribution in [1.29, 1.82) is 0 Å². The highest BCUT2D eigenvalue weighted by atomic mass is 16.5. The number of hydrogen-bond donors (Lipinski definition) is 0. The van der Waals surface area contributed by atoms with Crippen molar-refractivity contribution in [3.05, 3.63) is 42.5 Å². The molecule has 3 heteroatoms. The number of methoxy groups -OCH3 is 2. The molecule has 0 aliphatic heterocycles. The third kappa shape index (κ3) is 2.25. The van der Waals surface area contributed by atoms with Crippen LogP contribution >= 0.6 is 0 Å². The van der Waals surface area contributed by atoms with Crippen LogP contribution in [0.3, 0.4) is 0 Å². The summed E-state index contributed by atoms with van der Waals surface area (Å²) in [5.74, 6) is 2.48. The van der Waals surface area contributed by atoms with E-state index in [1.165, 1.54) is 0 Å². The molecule has 0 aliphatic carbocycles. The van der Waals surface area contributed by atoms with Crippen LogP contribution in [0, 0.1) is 0 Å². The molecular formula is C18H18O3. The first-order valence-corrected chi connectivity index (χ1v) is 6.98. The molecule has 3 nitrogen and oxygen atoms in total. The van der Waals surface area contributed by atoms with Crippen LogP contribution in [0.2, 0.25) is 0 Å². The number of rotatable bonds is 4. The minimum atomic E-state index is 0.644. The molecule has 0 heterocycles. The van der Waals surface area contributed by atoms with E-state index in [2.05, 4.69) is 18.2 Å². The predicted octanol–water partition coefficient (Wildman–Crippen LogP) is 4.41. The van der Waals surface area contributed by atoms with Crippen LogP contribution in [0.1, 0.15) is 6.92 Å². The zero-order chi connectivity index (χ0) is 14.8. The van der Waals surface area contributed by atoms with Gasteiger partial charge in [-0.1, -0.05) is 18.2 Å². The smallest absolute Gasteiger partial charge is 0.138 e. The molecule has 0 unspecified atom stereocenters. The van der Waals surface area contributed by atoms with Gasteiger partial charge in [-0.05, 0) is 42.0 Å². The van der Waals surface area contributed by atoms with E-state index < -0.39 is 0 Å². The lowest BCUT2D eigenvalue weighted by Crippen LogP contribution is -1.94. The van der Waals surface area contributed by atoms with Crippen LogP contribution in [0.25, 0.3) is 21.5 Å². The van der Waals surface area contributed by atoms with Crippen LogP contribution in [-0.2, 0) is 0 Å². The lowest BCUT2D eigenvalue weighted by molar-refractivity contribution is 0.340. The van der Waals surface area contributed by atoms with Gasteiger partial charge in [-0.3, -0.25) is 0 Å². The minimum absolute atomic E-state index is 0.644. The molecule has 3 aromatic rings. The van der Waals surface area contributed by atoms with E-state index in [1.807, 2.05) is 31.2 Å². The Labute approximate surface area is 124 Å². The zero-order valence-corrected chi connectivity index (χ0v) is 12.5. The SMILES string of the molecule is CCOc1ccc2cc3cccc(OC)c3c(OC)c2c1. The molecule has 3 rings (SSSR count). The Balaban J connectivity index is 2.40. The molecule has 0 saturated carbocycles. The number of hydrogen-bond acceptors (Lipinski definition) is 3. The fourth-order valence-corrected chi connectivity index (χ4v) is 2.71. The highest BCUT2D eigenvalue weighted by Crippen LogP contribution is 2.40. The molecule has 0 bridgehead atoms. The molecule has 0 N–H and O–H groups in total. The molecule has 0 amide bonds. The second-order valence-electron chi connectivity index (χ2n) is 4.78. The largest absolute Gasteiger partial charge is 0.496 e. The molecule has 0 spiro atoms. The lowest BCUT2D eigenvalue weighted by Gasteiger charge is -2.14. The lowest BCUT2D eigenvalue weighted by atomic mass is 10.0. The highest BCUT2D eigenvalue weighted by Gasteiger charge is 2.13. The van der Waals surface area contributed by atoms with Crippen molar-refractivity contribution in [2.24, 2.45) is 0 Å². The van der Waals surface area contributed by atoms with Gasteiger partial charge in [0.15, 0.2) is 0 Å². The summed E-state index contributed by atoms with van der Waals surface area (Å²) in [6, 6.07) is 14.2. The average molecular weight is 282 g/mol. The summed E-state index contributed by atoms with van der Waals surface area (Å²) in [6.07, 6.45) is 0. The topological polar surface area (TPSA) is 27.7 Å². The fraction of sp³-hybridized carbons (Fsp3) is 0.222. The monoisotopic (exact) mass is 282 g/mol. The van der Waals surface area contributed by atoms with E-state index in [9.17, 15) is 0 Å². The number of fused-ring (bicyclic) bond motifs is 2. The molecule has 0 radical (unpaired) electrons. The second-order valence-corrected chi connectivity index (χ2v) is 4.78. The van der Waals surface area contributed by atoms with E-state index in [0.717, 1.165) is 38.8 Å². The van der Waals surface area contributed by atoms with Gasteiger partial charge in [-0.25, -0.2) is 0 Å². The highest BCUT2D eigenvalue weighted by molar-refractivity contribution is 6.08. The summed E-state index contributed by atoms with van der Waals surface area (Å²) in [5, 5.41) is 4.24. The normalized spacial score (nSPS) is 10.8. The summed E-state index contributed by atoms with van der Waals surface area (Å²) in [7, 11) is 3.36. The Bertz CT molecular complexity index is 793. The minimum Gasteiger partial charge on any atom is -0.496 e. The van der Waals surface area contributed by atoms with Crippen molar-refractivity contribution in [2.45, 2.75) is 6.92 Å². The van der Waals surface area contributed by atoms with E-state index >= 15 is 0 Å². The van der Waals surface area contributed by atoms with Crippen molar-refractivity contribution in [3.63, 3.8) is 0 Å². The van der Waals surface area contributed by atoms with E-state index in [1.54, 1.807) is 14.2 Å². The van der Waals surface area contributed by atoms with Gasteiger partial charge in [0.05, 0.1) is 26.2 Å². The number of ether oxygens (including phenoxy) is 3. The standard InChI is InChI=1S/C18H18O3/c1-4-21-14-9-8-12-10-13-6-5-7-16(19-2)17(13)18(20-3)15(12)11-14/h5-11H,4H2,1-3H3. The Morgan fingerprint density at radius 1 is 0.905 bits per heavy atom. The van der Waals surface area contributed by atoms with E-state index in [-0.39, 0.29) is 0 Å². The molecule has 0 saturated heterocycles. The molecule has 0 aromatic heterocycles. The molecule has 0 atom stereocenters.